The number of carbonyl (C=O) groups excluding carboxylic acids is 1. The number of ether oxygens (including phenoxy) is 2. The Balaban J connectivity index is 1.81. The second-order valence-electron chi connectivity index (χ2n) is 5.40. The highest BCUT2D eigenvalue weighted by Gasteiger charge is 2.38. The molecule has 2 aromatic rings. The number of para-hydroxylation sites is 1. The van der Waals surface area contributed by atoms with Gasteiger partial charge in [-0.3, -0.25) is 0 Å². The van der Waals surface area contributed by atoms with Gasteiger partial charge in [-0.05, 0) is 36.8 Å². The molecule has 118 valence electrons. The number of esters is 1. The highest BCUT2D eigenvalue weighted by atomic mass is 16.6. The Bertz CT molecular complexity index is 732. The van der Waals surface area contributed by atoms with Crippen LogP contribution in [0.4, 0.5) is 0 Å². The third kappa shape index (κ3) is 3.11. The zero-order chi connectivity index (χ0) is 16.4. The van der Waals surface area contributed by atoms with Crippen molar-refractivity contribution in [1.82, 2.24) is 0 Å². The highest BCUT2D eigenvalue weighted by molar-refractivity contribution is 5.86. The number of aliphatic hydroxyl groups excluding tert-OH is 1. The van der Waals surface area contributed by atoms with Crippen LogP contribution in [-0.4, -0.2) is 22.5 Å². The number of hydrogen-bond acceptors (Lipinski definition) is 5. The minimum absolute atomic E-state index is 0.110. The first-order valence-electron chi connectivity index (χ1n) is 7.13. The van der Waals surface area contributed by atoms with Crippen molar-refractivity contribution in [3.8, 4) is 11.5 Å². The van der Waals surface area contributed by atoms with Gasteiger partial charge in [-0.25, -0.2) is 4.79 Å². The van der Waals surface area contributed by atoms with Crippen LogP contribution in [0.1, 0.15) is 12.5 Å². The molecule has 2 atom stereocenters. The van der Waals surface area contributed by atoms with Crippen LogP contribution in [0.25, 0.3) is 0 Å². The molecule has 1 aliphatic rings. The van der Waals surface area contributed by atoms with E-state index in [-0.39, 0.29) is 5.57 Å². The molecule has 0 spiro atoms. The molecular formula is C18H16O5. The van der Waals surface area contributed by atoms with Crippen LogP contribution in [0.3, 0.4) is 0 Å². The predicted octanol–water partition coefficient (Wildman–Crippen LogP) is 2.49. The second-order valence-corrected chi connectivity index (χ2v) is 5.40. The second kappa shape index (κ2) is 5.87. The lowest BCUT2D eigenvalue weighted by Gasteiger charge is -2.26. The summed E-state index contributed by atoms with van der Waals surface area (Å²) in [6.45, 7) is 1.50. The van der Waals surface area contributed by atoms with E-state index in [9.17, 15) is 15.0 Å². The third-order valence-electron chi connectivity index (χ3n) is 3.72. The lowest BCUT2D eigenvalue weighted by molar-refractivity contribution is -0.152. The molecule has 2 unspecified atom stereocenters. The van der Waals surface area contributed by atoms with Gasteiger partial charge in [0.15, 0.2) is 0 Å². The smallest absolute Gasteiger partial charge is 0.333 e. The van der Waals surface area contributed by atoms with Gasteiger partial charge < -0.3 is 19.7 Å². The van der Waals surface area contributed by atoms with Crippen molar-refractivity contribution < 1.29 is 24.5 Å². The summed E-state index contributed by atoms with van der Waals surface area (Å²) in [5, 5.41) is 20.4. The lowest BCUT2D eigenvalue weighted by atomic mass is 9.87. The van der Waals surface area contributed by atoms with Gasteiger partial charge in [-0.1, -0.05) is 30.3 Å². The van der Waals surface area contributed by atoms with Crippen molar-refractivity contribution in [2.45, 2.75) is 18.8 Å². The normalized spacial score (nSPS) is 19.7. The molecule has 3 rings (SSSR count). The van der Waals surface area contributed by atoms with E-state index >= 15 is 0 Å². The molecule has 0 aromatic heterocycles. The van der Waals surface area contributed by atoms with Crippen molar-refractivity contribution in [1.29, 1.82) is 0 Å². The Hall–Kier alpha value is -2.63. The molecule has 0 saturated carbocycles. The van der Waals surface area contributed by atoms with E-state index in [1.165, 1.54) is 6.92 Å². The topological polar surface area (TPSA) is 76.0 Å². The van der Waals surface area contributed by atoms with E-state index in [0.29, 0.717) is 17.1 Å². The Labute approximate surface area is 133 Å². The minimum Gasteiger partial charge on any atom is -0.457 e. The first-order chi connectivity index (χ1) is 11.0. The average Bonchev–Trinajstić information content (AvgIpc) is 2.88. The largest absolute Gasteiger partial charge is 0.457 e. The van der Waals surface area contributed by atoms with E-state index in [2.05, 4.69) is 4.74 Å². The first-order valence-corrected chi connectivity index (χ1v) is 7.13. The molecule has 0 bridgehead atoms. The Morgan fingerprint density at radius 1 is 1.04 bits per heavy atom. The lowest BCUT2D eigenvalue weighted by Crippen LogP contribution is -2.30. The van der Waals surface area contributed by atoms with Crippen molar-refractivity contribution in [3.63, 3.8) is 0 Å². The number of rotatable bonds is 4. The molecule has 2 aromatic carbocycles. The van der Waals surface area contributed by atoms with Gasteiger partial charge in [-0.15, -0.1) is 0 Å². The van der Waals surface area contributed by atoms with Crippen LogP contribution in [0, 0.1) is 0 Å². The average molecular weight is 312 g/mol. The van der Waals surface area contributed by atoms with Crippen molar-refractivity contribution >= 4 is 5.97 Å². The summed E-state index contributed by atoms with van der Waals surface area (Å²) in [6, 6.07) is 16.1. The summed E-state index contributed by atoms with van der Waals surface area (Å²) in [4.78, 5) is 11.2. The van der Waals surface area contributed by atoms with Gasteiger partial charge in [0.1, 0.15) is 17.1 Å². The van der Waals surface area contributed by atoms with Crippen LogP contribution in [0.5, 0.6) is 11.5 Å². The molecule has 23 heavy (non-hydrogen) atoms. The fourth-order valence-electron chi connectivity index (χ4n) is 2.43. The number of aliphatic hydroxyl groups is 2. The maximum Gasteiger partial charge on any atom is 0.333 e. The number of benzene rings is 2. The maximum atomic E-state index is 11.2. The van der Waals surface area contributed by atoms with E-state index in [4.69, 9.17) is 4.74 Å². The van der Waals surface area contributed by atoms with Crippen molar-refractivity contribution in [2.24, 2.45) is 0 Å². The Morgan fingerprint density at radius 2 is 1.65 bits per heavy atom. The van der Waals surface area contributed by atoms with Gasteiger partial charge in [0.05, 0.1) is 0 Å². The van der Waals surface area contributed by atoms with Gasteiger partial charge in [0, 0.05) is 11.6 Å². The molecule has 2 N–H and O–H groups in total. The van der Waals surface area contributed by atoms with Crippen LogP contribution in [-0.2, 0) is 15.1 Å². The monoisotopic (exact) mass is 312 g/mol. The summed E-state index contributed by atoms with van der Waals surface area (Å²) < 4.78 is 10.3. The summed E-state index contributed by atoms with van der Waals surface area (Å²) in [5.41, 5.74) is -0.891. The van der Waals surface area contributed by atoms with Crippen molar-refractivity contribution in [2.75, 3.05) is 0 Å². The summed E-state index contributed by atoms with van der Waals surface area (Å²) >= 11 is 0. The van der Waals surface area contributed by atoms with Gasteiger partial charge in [-0.2, -0.15) is 0 Å². The Kier molecular flexibility index (Phi) is 3.90. The maximum absolute atomic E-state index is 11.2. The van der Waals surface area contributed by atoms with E-state index in [0.717, 1.165) is 6.08 Å². The van der Waals surface area contributed by atoms with E-state index in [1.807, 2.05) is 30.3 Å². The number of hydrogen-bond donors (Lipinski definition) is 2. The van der Waals surface area contributed by atoms with Gasteiger partial charge >= 0.3 is 5.97 Å². The van der Waals surface area contributed by atoms with Crippen LogP contribution >= 0.6 is 0 Å². The molecule has 5 heteroatoms. The predicted molar refractivity (Wildman–Crippen MR) is 82.7 cm³/mol. The fraction of sp³-hybridized carbons (Fsp3) is 0.167. The molecule has 5 nitrogen and oxygen atoms in total. The van der Waals surface area contributed by atoms with Gasteiger partial charge in [0.2, 0.25) is 6.29 Å². The molecule has 1 aliphatic heterocycles. The quantitative estimate of drug-likeness (QED) is 0.848. The van der Waals surface area contributed by atoms with Crippen LogP contribution < -0.4 is 4.74 Å². The van der Waals surface area contributed by atoms with Crippen LogP contribution in [0.2, 0.25) is 0 Å². The zero-order valence-electron chi connectivity index (χ0n) is 12.5. The summed E-state index contributed by atoms with van der Waals surface area (Å²) in [7, 11) is 0. The first kappa shape index (κ1) is 15.3. The number of cyclic esters (lactones) is 1. The van der Waals surface area contributed by atoms with Crippen LogP contribution in [0.15, 0.2) is 66.2 Å². The summed E-state index contributed by atoms with van der Waals surface area (Å²) in [5.74, 6) is 0.653. The third-order valence-corrected chi connectivity index (χ3v) is 3.72. The minimum atomic E-state index is -1.52. The highest BCUT2D eigenvalue weighted by Crippen LogP contribution is 2.35. The van der Waals surface area contributed by atoms with Crippen molar-refractivity contribution in [3.05, 3.63) is 71.8 Å². The molecule has 0 saturated heterocycles. The van der Waals surface area contributed by atoms with E-state index in [1.54, 1.807) is 24.3 Å². The molecule has 0 amide bonds. The Morgan fingerprint density at radius 3 is 2.22 bits per heavy atom. The summed E-state index contributed by atoms with van der Waals surface area (Å²) in [6.07, 6.45) is -0.322. The van der Waals surface area contributed by atoms with Gasteiger partial charge in [0.25, 0.3) is 0 Å². The number of carbonyl (C=O) groups is 1. The molecule has 0 fully saturated rings. The zero-order valence-corrected chi connectivity index (χ0v) is 12.5. The molecule has 1 heterocycles. The standard InChI is InChI=1S/C18H16O5/c1-18(21,15-11-16(19)23-17(15)20)12-7-9-14(10-8-12)22-13-5-3-2-4-6-13/h2-11,17,20-21H,1H3. The van der Waals surface area contributed by atoms with E-state index < -0.39 is 17.9 Å². The molecular weight excluding hydrogens is 296 g/mol. The molecule has 0 radical (unpaired) electrons. The SMILES string of the molecule is CC(O)(C1=CC(=O)OC1O)c1ccc(Oc2ccccc2)cc1. The molecule has 0 aliphatic carbocycles. The fourth-order valence-corrected chi connectivity index (χ4v) is 2.43.